The normalized spacial score (nSPS) is 11.7. The van der Waals surface area contributed by atoms with Crippen molar-refractivity contribution in [2.75, 3.05) is 0 Å². The number of nitrogens with zero attached hydrogens (tertiary/aromatic N) is 2. The van der Waals surface area contributed by atoms with Crippen LogP contribution in [0.3, 0.4) is 0 Å². The summed E-state index contributed by atoms with van der Waals surface area (Å²) in [5, 5.41) is 12.4. The highest BCUT2D eigenvalue weighted by molar-refractivity contribution is 5.84. The molecule has 1 amide bonds. The van der Waals surface area contributed by atoms with Gasteiger partial charge in [0.15, 0.2) is 6.10 Å². The molecule has 1 atom stereocenters. The van der Waals surface area contributed by atoms with Crippen LogP contribution in [0.15, 0.2) is 53.6 Å². The number of amides is 1. The van der Waals surface area contributed by atoms with Crippen LogP contribution in [-0.4, -0.2) is 18.2 Å². The summed E-state index contributed by atoms with van der Waals surface area (Å²) in [5.74, 6) is -0.431. The third kappa shape index (κ3) is 4.64. The molecule has 5 nitrogen and oxygen atoms in total. The van der Waals surface area contributed by atoms with Crippen molar-refractivity contribution in [2.24, 2.45) is 5.10 Å². The Bertz CT molecular complexity index is 751. The zero-order valence-corrected chi connectivity index (χ0v) is 12.4. The largest absolute Gasteiger partial charge is 0.481 e. The molecule has 23 heavy (non-hydrogen) atoms. The van der Waals surface area contributed by atoms with Crippen LogP contribution in [0.25, 0.3) is 0 Å². The van der Waals surface area contributed by atoms with Crippen molar-refractivity contribution < 1.29 is 13.9 Å². The van der Waals surface area contributed by atoms with Gasteiger partial charge in [-0.3, -0.25) is 4.79 Å². The van der Waals surface area contributed by atoms with Crippen LogP contribution in [0.2, 0.25) is 0 Å². The second kappa shape index (κ2) is 7.71. The van der Waals surface area contributed by atoms with E-state index in [9.17, 15) is 9.18 Å². The van der Waals surface area contributed by atoms with E-state index in [1.165, 1.54) is 12.3 Å². The van der Waals surface area contributed by atoms with Crippen molar-refractivity contribution in [1.82, 2.24) is 5.43 Å². The Morgan fingerprint density at radius 3 is 2.65 bits per heavy atom. The molecule has 0 heterocycles. The van der Waals surface area contributed by atoms with Gasteiger partial charge in [0.05, 0.1) is 17.8 Å². The fourth-order valence-corrected chi connectivity index (χ4v) is 1.70. The lowest BCUT2D eigenvalue weighted by molar-refractivity contribution is -0.127. The maximum Gasteiger partial charge on any atom is 0.280 e. The van der Waals surface area contributed by atoms with E-state index < -0.39 is 17.8 Å². The lowest BCUT2D eigenvalue weighted by Gasteiger charge is -2.12. The number of nitrogens with one attached hydrogen (secondary N) is 1. The molecule has 0 fully saturated rings. The number of hydrazone groups is 1. The molecule has 0 spiro atoms. The summed E-state index contributed by atoms with van der Waals surface area (Å²) in [4.78, 5) is 11.8. The van der Waals surface area contributed by atoms with Gasteiger partial charge in [-0.15, -0.1) is 0 Å². The van der Waals surface area contributed by atoms with E-state index in [4.69, 9.17) is 10.00 Å². The Hall–Kier alpha value is -3.20. The third-order valence-electron chi connectivity index (χ3n) is 2.95. The number of benzene rings is 2. The minimum absolute atomic E-state index is 0.272. The highest BCUT2D eigenvalue weighted by Gasteiger charge is 2.13. The summed E-state index contributed by atoms with van der Waals surface area (Å²) in [5.41, 5.74) is 3.06. The third-order valence-corrected chi connectivity index (χ3v) is 2.95. The summed E-state index contributed by atoms with van der Waals surface area (Å²) in [6.45, 7) is 1.56. The number of carbonyl (C=O) groups excluding carboxylic acids is 1. The standard InChI is InChI=1S/C17H14FN3O2/c1-12(23-15-8-6-13(10-19)7-9-15)17(22)21-20-11-14-4-2-3-5-16(14)18/h2-9,11-12H,1H3,(H,21,22)/b20-11-/t12-/m1/s1. The SMILES string of the molecule is C[C@@H](Oc1ccc(C#N)cc1)C(=O)N/N=C\c1ccccc1F. The topological polar surface area (TPSA) is 74.5 Å². The molecule has 0 aliphatic heterocycles. The summed E-state index contributed by atoms with van der Waals surface area (Å²) in [6.07, 6.45) is 0.433. The van der Waals surface area contributed by atoms with Gasteiger partial charge in [0, 0.05) is 5.56 Å². The summed E-state index contributed by atoms with van der Waals surface area (Å²) in [7, 11) is 0. The van der Waals surface area contributed by atoms with Crippen LogP contribution in [0.4, 0.5) is 4.39 Å². The lowest BCUT2D eigenvalue weighted by atomic mass is 10.2. The van der Waals surface area contributed by atoms with Gasteiger partial charge in [-0.25, -0.2) is 9.82 Å². The Morgan fingerprint density at radius 1 is 1.30 bits per heavy atom. The first-order valence-electron chi connectivity index (χ1n) is 6.84. The highest BCUT2D eigenvalue weighted by Crippen LogP contribution is 2.13. The minimum Gasteiger partial charge on any atom is -0.481 e. The molecule has 0 radical (unpaired) electrons. The van der Waals surface area contributed by atoms with Crippen molar-refractivity contribution in [1.29, 1.82) is 5.26 Å². The van der Waals surface area contributed by atoms with Crippen molar-refractivity contribution in [2.45, 2.75) is 13.0 Å². The van der Waals surface area contributed by atoms with Crippen LogP contribution in [0.1, 0.15) is 18.1 Å². The number of rotatable bonds is 5. The monoisotopic (exact) mass is 311 g/mol. The number of halogens is 1. The highest BCUT2D eigenvalue weighted by atomic mass is 19.1. The van der Waals surface area contributed by atoms with Gasteiger partial charge in [0.25, 0.3) is 5.91 Å². The first-order chi connectivity index (χ1) is 11.1. The van der Waals surface area contributed by atoms with Crippen LogP contribution >= 0.6 is 0 Å². The smallest absolute Gasteiger partial charge is 0.280 e. The van der Waals surface area contributed by atoms with Crippen molar-refractivity contribution in [3.63, 3.8) is 0 Å². The molecule has 0 aliphatic rings. The molecule has 2 aromatic rings. The van der Waals surface area contributed by atoms with Gasteiger partial charge < -0.3 is 4.74 Å². The Labute approximate surface area is 133 Å². The van der Waals surface area contributed by atoms with Crippen LogP contribution in [0.5, 0.6) is 5.75 Å². The molecule has 0 unspecified atom stereocenters. The fraction of sp³-hybridized carbons (Fsp3) is 0.118. The predicted octanol–water partition coefficient (Wildman–Crippen LogP) is 2.61. The van der Waals surface area contributed by atoms with E-state index in [1.54, 1.807) is 49.4 Å². The molecule has 2 aromatic carbocycles. The van der Waals surface area contributed by atoms with Gasteiger partial charge in [0.1, 0.15) is 11.6 Å². The average molecular weight is 311 g/mol. The Balaban J connectivity index is 1.89. The van der Waals surface area contributed by atoms with Crippen molar-refractivity contribution >= 4 is 12.1 Å². The maximum atomic E-state index is 13.4. The predicted molar refractivity (Wildman–Crippen MR) is 83.4 cm³/mol. The molecular formula is C17H14FN3O2. The number of hydrogen-bond donors (Lipinski definition) is 1. The molecule has 6 heteroatoms. The van der Waals surface area contributed by atoms with Gasteiger partial charge in [-0.1, -0.05) is 18.2 Å². The first kappa shape index (κ1) is 16.2. The van der Waals surface area contributed by atoms with E-state index in [0.29, 0.717) is 11.3 Å². The van der Waals surface area contributed by atoms with Crippen molar-refractivity contribution in [3.8, 4) is 11.8 Å². The van der Waals surface area contributed by atoms with Crippen LogP contribution < -0.4 is 10.2 Å². The molecule has 0 saturated carbocycles. The second-order valence-electron chi connectivity index (χ2n) is 4.65. The van der Waals surface area contributed by atoms with Crippen LogP contribution in [0, 0.1) is 17.1 Å². The van der Waals surface area contributed by atoms with E-state index in [0.717, 1.165) is 0 Å². The molecule has 2 rings (SSSR count). The van der Waals surface area contributed by atoms with Gasteiger partial charge in [-0.2, -0.15) is 10.4 Å². The van der Waals surface area contributed by atoms with Gasteiger partial charge in [-0.05, 0) is 37.3 Å². The zero-order valence-electron chi connectivity index (χ0n) is 12.4. The van der Waals surface area contributed by atoms with E-state index >= 15 is 0 Å². The minimum atomic E-state index is -0.791. The van der Waals surface area contributed by atoms with Gasteiger partial charge in [0.2, 0.25) is 0 Å². The second-order valence-corrected chi connectivity index (χ2v) is 4.65. The number of carbonyl (C=O) groups is 1. The zero-order chi connectivity index (χ0) is 16.7. The Kier molecular flexibility index (Phi) is 5.42. The fourth-order valence-electron chi connectivity index (χ4n) is 1.70. The van der Waals surface area contributed by atoms with E-state index in [2.05, 4.69) is 10.5 Å². The van der Waals surface area contributed by atoms with E-state index in [-0.39, 0.29) is 5.56 Å². The van der Waals surface area contributed by atoms with E-state index in [1.807, 2.05) is 6.07 Å². The quantitative estimate of drug-likeness (QED) is 0.681. The molecular weight excluding hydrogens is 297 g/mol. The molecule has 0 bridgehead atoms. The molecule has 0 aliphatic carbocycles. The van der Waals surface area contributed by atoms with Gasteiger partial charge >= 0.3 is 0 Å². The summed E-state index contributed by atoms with van der Waals surface area (Å²) < 4.78 is 18.8. The molecule has 116 valence electrons. The van der Waals surface area contributed by atoms with Crippen LogP contribution in [-0.2, 0) is 4.79 Å². The maximum absolute atomic E-state index is 13.4. The Morgan fingerprint density at radius 2 is 2.00 bits per heavy atom. The summed E-state index contributed by atoms with van der Waals surface area (Å²) >= 11 is 0. The molecule has 1 N–H and O–H groups in total. The number of hydrogen-bond acceptors (Lipinski definition) is 4. The van der Waals surface area contributed by atoms with Crippen molar-refractivity contribution in [3.05, 3.63) is 65.5 Å². The number of ether oxygens (including phenoxy) is 1. The molecule has 0 aromatic heterocycles. The first-order valence-corrected chi connectivity index (χ1v) is 6.84. The molecule has 0 saturated heterocycles. The average Bonchev–Trinajstić information content (AvgIpc) is 2.57. The lowest BCUT2D eigenvalue weighted by Crippen LogP contribution is -2.33. The summed E-state index contributed by atoms with van der Waals surface area (Å²) in [6, 6.07) is 14.5. The number of nitriles is 1.